The molecule has 1 saturated heterocycles. The van der Waals surface area contributed by atoms with Crippen LogP contribution >= 0.6 is 0 Å². The molecule has 0 aliphatic carbocycles. The second-order valence-electron chi connectivity index (χ2n) is 4.45. The van der Waals surface area contributed by atoms with Gasteiger partial charge in [0.1, 0.15) is 0 Å². The number of rotatable bonds is 4. The Hall–Kier alpha value is -2.12. The van der Waals surface area contributed by atoms with E-state index >= 15 is 0 Å². The first-order valence-electron chi connectivity index (χ1n) is 6.17. The Morgan fingerprint density at radius 1 is 1.58 bits per heavy atom. The van der Waals surface area contributed by atoms with Gasteiger partial charge in [0, 0.05) is 26.1 Å². The maximum Gasteiger partial charge on any atom is 0.317 e. The van der Waals surface area contributed by atoms with E-state index in [2.05, 4.69) is 20.0 Å². The number of carboxylic acid groups (broad SMARTS) is 1. The van der Waals surface area contributed by atoms with Crippen molar-refractivity contribution in [1.82, 2.24) is 20.4 Å². The summed E-state index contributed by atoms with van der Waals surface area (Å²) in [4.78, 5) is 28.1. The summed E-state index contributed by atoms with van der Waals surface area (Å²) in [6.45, 7) is 1.26. The third-order valence-electron chi connectivity index (χ3n) is 3.09. The van der Waals surface area contributed by atoms with E-state index in [1.165, 1.54) is 6.39 Å². The fraction of sp³-hybridized carbons (Fsp3) is 0.636. The van der Waals surface area contributed by atoms with Crippen molar-refractivity contribution in [1.29, 1.82) is 0 Å². The van der Waals surface area contributed by atoms with Gasteiger partial charge in [-0.1, -0.05) is 5.16 Å². The third kappa shape index (κ3) is 3.67. The topological polar surface area (TPSA) is 109 Å². The number of nitrogens with one attached hydrogen (secondary N) is 1. The van der Waals surface area contributed by atoms with Gasteiger partial charge in [0.25, 0.3) is 0 Å². The van der Waals surface area contributed by atoms with Crippen LogP contribution in [-0.4, -0.2) is 51.8 Å². The van der Waals surface area contributed by atoms with Crippen LogP contribution in [0.15, 0.2) is 10.9 Å². The zero-order valence-corrected chi connectivity index (χ0v) is 10.4. The van der Waals surface area contributed by atoms with E-state index < -0.39 is 11.9 Å². The number of piperidine rings is 1. The Labute approximate surface area is 109 Å². The summed E-state index contributed by atoms with van der Waals surface area (Å²) < 4.78 is 4.58. The molecule has 19 heavy (non-hydrogen) atoms. The van der Waals surface area contributed by atoms with E-state index in [0.717, 1.165) is 6.42 Å². The van der Waals surface area contributed by atoms with E-state index in [1.54, 1.807) is 4.90 Å². The van der Waals surface area contributed by atoms with Gasteiger partial charge in [-0.2, -0.15) is 4.98 Å². The highest BCUT2D eigenvalue weighted by atomic mass is 16.5. The second kappa shape index (κ2) is 6.17. The molecule has 2 rings (SSSR count). The van der Waals surface area contributed by atoms with Crippen LogP contribution in [0.1, 0.15) is 18.7 Å². The van der Waals surface area contributed by atoms with Gasteiger partial charge in [-0.15, -0.1) is 0 Å². The Morgan fingerprint density at radius 2 is 2.42 bits per heavy atom. The van der Waals surface area contributed by atoms with Gasteiger partial charge in [-0.05, 0) is 12.8 Å². The van der Waals surface area contributed by atoms with E-state index in [4.69, 9.17) is 5.11 Å². The molecule has 2 heterocycles. The van der Waals surface area contributed by atoms with Gasteiger partial charge in [-0.3, -0.25) is 4.79 Å². The highest BCUT2D eigenvalue weighted by Crippen LogP contribution is 2.16. The van der Waals surface area contributed by atoms with Crippen LogP contribution in [0.3, 0.4) is 0 Å². The van der Waals surface area contributed by atoms with E-state index in [-0.39, 0.29) is 12.6 Å². The molecule has 2 amide bonds. The first kappa shape index (κ1) is 13.3. The molecule has 1 aliphatic rings. The smallest absolute Gasteiger partial charge is 0.317 e. The van der Waals surface area contributed by atoms with Crippen LogP contribution in [0.4, 0.5) is 4.79 Å². The number of hydrogen-bond donors (Lipinski definition) is 2. The standard InChI is InChI=1S/C11H16N4O4/c16-10(17)8-2-1-5-15(6-8)11(18)12-4-3-9-13-7-19-14-9/h7-8H,1-6H2,(H,12,18)(H,16,17)/t8-/m1/s1. The summed E-state index contributed by atoms with van der Waals surface area (Å²) in [6.07, 6.45) is 3.06. The number of carboxylic acids is 1. The van der Waals surface area contributed by atoms with Gasteiger partial charge in [0.15, 0.2) is 5.82 Å². The molecular formula is C11H16N4O4. The monoisotopic (exact) mass is 268 g/mol. The lowest BCUT2D eigenvalue weighted by molar-refractivity contribution is -0.143. The Kier molecular flexibility index (Phi) is 4.32. The van der Waals surface area contributed by atoms with Crippen molar-refractivity contribution in [3.63, 3.8) is 0 Å². The fourth-order valence-electron chi connectivity index (χ4n) is 2.06. The first-order valence-corrected chi connectivity index (χ1v) is 6.17. The summed E-state index contributed by atoms with van der Waals surface area (Å²) in [7, 11) is 0. The van der Waals surface area contributed by atoms with Gasteiger partial charge in [0.05, 0.1) is 5.92 Å². The summed E-state index contributed by atoms with van der Waals surface area (Å²) in [5.41, 5.74) is 0. The number of carbonyl (C=O) groups excluding carboxylic acids is 1. The Balaban J connectivity index is 1.74. The van der Waals surface area contributed by atoms with Gasteiger partial charge >= 0.3 is 12.0 Å². The second-order valence-corrected chi connectivity index (χ2v) is 4.45. The Morgan fingerprint density at radius 3 is 3.11 bits per heavy atom. The molecule has 104 valence electrons. The predicted molar refractivity (Wildman–Crippen MR) is 63.3 cm³/mol. The largest absolute Gasteiger partial charge is 0.481 e. The van der Waals surface area contributed by atoms with Crippen LogP contribution < -0.4 is 5.32 Å². The van der Waals surface area contributed by atoms with Crippen molar-refractivity contribution in [3.05, 3.63) is 12.2 Å². The molecule has 8 nitrogen and oxygen atoms in total. The lowest BCUT2D eigenvalue weighted by atomic mass is 9.99. The summed E-state index contributed by atoms with van der Waals surface area (Å²) in [5, 5.41) is 15.3. The highest BCUT2D eigenvalue weighted by Gasteiger charge is 2.27. The van der Waals surface area contributed by atoms with E-state index in [0.29, 0.717) is 31.8 Å². The predicted octanol–water partition coefficient (Wildman–Crippen LogP) is 0.118. The number of aliphatic carboxylic acids is 1. The van der Waals surface area contributed by atoms with Crippen molar-refractivity contribution >= 4 is 12.0 Å². The minimum absolute atomic E-state index is 0.241. The van der Waals surface area contributed by atoms with Crippen molar-refractivity contribution in [3.8, 4) is 0 Å². The van der Waals surface area contributed by atoms with E-state index in [1.807, 2.05) is 0 Å². The molecule has 8 heteroatoms. The minimum Gasteiger partial charge on any atom is -0.481 e. The average molecular weight is 268 g/mol. The minimum atomic E-state index is -0.843. The molecule has 1 aliphatic heterocycles. The molecule has 0 bridgehead atoms. The Bertz CT molecular complexity index is 434. The lowest BCUT2D eigenvalue weighted by Gasteiger charge is -2.30. The van der Waals surface area contributed by atoms with Crippen LogP contribution in [0.2, 0.25) is 0 Å². The number of urea groups is 1. The van der Waals surface area contributed by atoms with Crippen LogP contribution in [0, 0.1) is 5.92 Å². The molecule has 2 N–H and O–H groups in total. The fourth-order valence-corrected chi connectivity index (χ4v) is 2.06. The number of aromatic nitrogens is 2. The first-order chi connectivity index (χ1) is 9.16. The van der Waals surface area contributed by atoms with Crippen LogP contribution in [0.25, 0.3) is 0 Å². The summed E-state index contributed by atoms with van der Waals surface area (Å²) in [6, 6.07) is -0.241. The zero-order valence-electron chi connectivity index (χ0n) is 10.4. The molecule has 0 saturated carbocycles. The number of nitrogens with zero attached hydrogens (tertiary/aromatic N) is 3. The SMILES string of the molecule is O=C(O)[C@@H]1CCCN(C(=O)NCCc2ncon2)C1. The van der Waals surface area contributed by atoms with Crippen LogP contribution in [-0.2, 0) is 11.2 Å². The molecule has 0 spiro atoms. The molecule has 1 aromatic rings. The van der Waals surface area contributed by atoms with Crippen LogP contribution in [0.5, 0.6) is 0 Å². The van der Waals surface area contributed by atoms with Crippen molar-refractivity contribution in [2.24, 2.45) is 5.92 Å². The molecule has 1 fully saturated rings. The molecule has 1 aromatic heterocycles. The number of carbonyl (C=O) groups is 2. The van der Waals surface area contributed by atoms with Gasteiger partial charge < -0.3 is 19.8 Å². The average Bonchev–Trinajstić information content (AvgIpc) is 2.92. The van der Waals surface area contributed by atoms with Gasteiger partial charge in [-0.25, -0.2) is 4.79 Å². The maximum atomic E-state index is 11.9. The molecule has 0 aromatic carbocycles. The number of amides is 2. The van der Waals surface area contributed by atoms with Crippen molar-refractivity contribution in [2.75, 3.05) is 19.6 Å². The van der Waals surface area contributed by atoms with Crippen molar-refractivity contribution < 1.29 is 19.2 Å². The van der Waals surface area contributed by atoms with Crippen molar-refractivity contribution in [2.45, 2.75) is 19.3 Å². The molecule has 1 atom stereocenters. The number of likely N-dealkylation sites (tertiary alicyclic amines) is 1. The normalized spacial score (nSPS) is 19.2. The summed E-state index contributed by atoms with van der Waals surface area (Å²) in [5.74, 6) is -0.775. The quantitative estimate of drug-likeness (QED) is 0.802. The summed E-state index contributed by atoms with van der Waals surface area (Å²) >= 11 is 0. The van der Waals surface area contributed by atoms with Gasteiger partial charge in [0.2, 0.25) is 6.39 Å². The zero-order chi connectivity index (χ0) is 13.7. The molecular weight excluding hydrogens is 252 g/mol. The maximum absolute atomic E-state index is 11.9. The van der Waals surface area contributed by atoms with E-state index in [9.17, 15) is 9.59 Å². The molecule has 0 unspecified atom stereocenters. The molecule has 0 radical (unpaired) electrons. The highest BCUT2D eigenvalue weighted by molar-refractivity contribution is 5.76. The lowest BCUT2D eigenvalue weighted by Crippen LogP contribution is -2.47. The third-order valence-corrected chi connectivity index (χ3v) is 3.09. The number of hydrogen-bond acceptors (Lipinski definition) is 5.